The van der Waals surface area contributed by atoms with Crippen LogP contribution in [-0.4, -0.2) is 29.6 Å². The summed E-state index contributed by atoms with van der Waals surface area (Å²) in [6.45, 7) is 2.13. The zero-order chi connectivity index (χ0) is 17.4. The summed E-state index contributed by atoms with van der Waals surface area (Å²) in [4.78, 5) is 23.5. The molecule has 0 aliphatic rings. The van der Waals surface area contributed by atoms with Crippen LogP contribution in [0.15, 0.2) is 54.6 Å². The third-order valence-electron chi connectivity index (χ3n) is 3.69. The zero-order valence-corrected chi connectivity index (χ0v) is 13.7. The quantitative estimate of drug-likeness (QED) is 0.714. The van der Waals surface area contributed by atoms with Gasteiger partial charge in [0, 0.05) is 12.2 Å². The molecule has 126 valence electrons. The molecule has 0 fully saturated rings. The Morgan fingerprint density at radius 2 is 1.58 bits per heavy atom. The minimum absolute atomic E-state index is 0.272. The number of carbonyl (C=O) groups is 2. The van der Waals surface area contributed by atoms with Gasteiger partial charge in [0.2, 0.25) is 0 Å². The lowest BCUT2D eigenvalue weighted by Crippen LogP contribution is -2.36. The van der Waals surface area contributed by atoms with Gasteiger partial charge >= 0.3 is 11.8 Å². The van der Waals surface area contributed by atoms with Crippen molar-refractivity contribution in [1.82, 2.24) is 5.32 Å². The second kappa shape index (κ2) is 8.84. The molecule has 1 atom stereocenters. The first-order chi connectivity index (χ1) is 11.6. The Bertz CT molecular complexity index is 669. The Kier molecular flexibility index (Phi) is 6.51. The maximum absolute atomic E-state index is 11.8. The summed E-state index contributed by atoms with van der Waals surface area (Å²) in [7, 11) is 0. The molecular weight excluding hydrogens is 304 g/mol. The topological polar surface area (TPSA) is 78.4 Å². The molecule has 0 aliphatic carbocycles. The van der Waals surface area contributed by atoms with Gasteiger partial charge < -0.3 is 15.7 Å². The van der Waals surface area contributed by atoms with Gasteiger partial charge in [-0.1, -0.05) is 49.4 Å². The molecule has 0 bridgehead atoms. The van der Waals surface area contributed by atoms with E-state index in [1.54, 1.807) is 12.1 Å². The van der Waals surface area contributed by atoms with Crippen LogP contribution in [-0.2, 0) is 9.59 Å². The highest BCUT2D eigenvalue weighted by molar-refractivity contribution is 6.39. The first kappa shape index (κ1) is 17.7. The third-order valence-corrected chi connectivity index (χ3v) is 3.69. The highest BCUT2D eigenvalue weighted by Gasteiger charge is 2.13. The monoisotopic (exact) mass is 326 g/mol. The van der Waals surface area contributed by atoms with Crippen molar-refractivity contribution < 1.29 is 14.7 Å². The fourth-order valence-electron chi connectivity index (χ4n) is 2.20. The van der Waals surface area contributed by atoms with E-state index in [0.29, 0.717) is 18.5 Å². The van der Waals surface area contributed by atoms with E-state index in [-0.39, 0.29) is 6.54 Å². The second-order valence-electron chi connectivity index (χ2n) is 5.50. The van der Waals surface area contributed by atoms with Crippen LogP contribution in [0, 0.1) is 0 Å². The largest absolute Gasteiger partial charge is 0.393 e. The van der Waals surface area contributed by atoms with E-state index >= 15 is 0 Å². The molecule has 0 aliphatic heterocycles. The predicted molar refractivity (Wildman–Crippen MR) is 94.4 cm³/mol. The van der Waals surface area contributed by atoms with Gasteiger partial charge in [-0.3, -0.25) is 9.59 Å². The molecule has 24 heavy (non-hydrogen) atoms. The molecule has 0 saturated carbocycles. The van der Waals surface area contributed by atoms with Gasteiger partial charge in [-0.2, -0.15) is 0 Å². The Labute approximate surface area is 141 Å². The predicted octanol–water partition coefficient (Wildman–Crippen LogP) is 2.57. The van der Waals surface area contributed by atoms with Crippen molar-refractivity contribution in [2.24, 2.45) is 0 Å². The van der Waals surface area contributed by atoms with Crippen molar-refractivity contribution in [1.29, 1.82) is 0 Å². The molecule has 0 aromatic heterocycles. The van der Waals surface area contributed by atoms with Gasteiger partial charge in [0.15, 0.2) is 0 Å². The lowest BCUT2D eigenvalue weighted by molar-refractivity contribution is -0.136. The maximum Gasteiger partial charge on any atom is 0.313 e. The lowest BCUT2D eigenvalue weighted by atomic mass is 10.1. The second-order valence-corrected chi connectivity index (χ2v) is 5.50. The van der Waals surface area contributed by atoms with Crippen molar-refractivity contribution in [3.8, 4) is 11.1 Å². The van der Waals surface area contributed by atoms with E-state index in [4.69, 9.17) is 0 Å². The maximum atomic E-state index is 11.8. The fraction of sp³-hybridized carbons (Fsp3) is 0.263. The van der Waals surface area contributed by atoms with Crippen LogP contribution in [0.5, 0.6) is 0 Å². The summed E-state index contributed by atoms with van der Waals surface area (Å²) in [6.07, 6.45) is 0.593. The summed E-state index contributed by atoms with van der Waals surface area (Å²) in [5, 5.41) is 14.5. The fourth-order valence-corrected chi connectivity index (χ4v) is 2.20. The summed E-state index contributed by atoms with van der Waals surface area (Å²) >= 11 is 0. The smallest absolute Gasteiger partial charge is 0.313 e. The van der Waals surface area contributed by atoms with E-state index in [0.717, 1.165) is 11.1 Å². The van der Waals surface area contributed by atoms with Gasteiger partial charge in [-0.25, -0.2) is 0 Å². The number of carbonyl (C=O) groups excluding carboxylic acids is 2. The minimum atomic E-state index is -0.714. The molecule has 2 aromatic rings. The van der Waals surface area contributed by atoms with Crippen LogP contribution >= 0.6 is 0 Å². The van der Waals surface area contributed by atoms with Crippen molar-refractivity contribution in [3.63, 3.8) is 0 Å². The van der Waals surface area contributed by atoms with Crippen LogP contribution in [0.2, 0.25) is 0 Å². The number of amides is 2. The molecule has 0 heterocycles. The molecule has 5 nitrogen and oxygen atoms in total. The Hall–Kier alpha value is -2.66. The van der Waals surface area contributed by atoms with Gasteiger partial charge in [0.25, 0.3) is 0 Å². The standard InChI is InChI=1S/C19H22N2O3/c1-2-17(22)12-13-20-18(23)19(24)21-16-10-8-15(9-11-16)14-6-4-3-5-7-14/h3-11,17,22H,2,12-13H2,1H3,(H,20,23)(H,21,24). The number of nitrogens with one attached hydrogen (secondary N) is 2. The molecule has 0 saturated heterocycles. The number of hydrogen-bond donors (Lipinski definition) is 3. The number of aliphatic hydroxyl groups excluding tert-OH is 1. The summed E-state index contributed by atoms with van der Waals surface area (Å²) in [6, 6.07) is 17.2. The average molecular weight is 326 g/mol. The van der Waals surface area contributed by atoms with Crippen molar-refractivity contribution in [3.05, 3.63) is 54.6 Å². The van der Waals surface area contributed by atoms with E-state index < -0.39 is 17.9 Å². The Morgan fingerprint density at radius 1 is 0.958 bits per heavy atom. The third kappa shape index (κ3) is 5.21. The summed E-state index contributed by atoms with van der Waals surface area (Å²) in [5.41, 5.74) is 2.68. The van der Waals surface area contributed by atoms with Crippen LogP contribution in [0.3, 0.4) is 0 Å². The molecule has 3 N–H and O–H groups in total. The Morgan fingerprint density at radius 3 is 2.21 bits per heavy atom. The van der Waals surface area contributed by atoms with Crippen LogP contribution < -0.4 is 10.6 Å². The van der Waals surface area contributed by atoms with Gasteiger partial charge in [-0.05, 0) is 36.1 Å². The van der Waals surface area contributed by atoms with Crippen LogP contribution in [0.25, 0.3) is 11.1 Å². The van der Waals surface area contributed by atoms with E-state index in [2.05, 4.69) is 10.6 Å². The molecule has 2 amide bonds. The number of anilines is 1. The Balaban J connectivity index is 1.86. The van der Waals surface area contributed by atoms with Crippen molar-refractivity contribution >= 4 is 17.5 Å². The summed E-state index contributed by atoms with van der Waals surface area (Å²) < 4.78 is 0. The van der Waals surface area contributed by atoms with Gasteiger partial charge in [-0.15, -0.1) is 0 Å². The molecule has 5 heteroatoms. The zero-order valence-electron chi connectivity index (χ0n) is 13.7. The van der Waals surface area contributed by atoms with E-state index in [1.165, 1.54) is 0 Å². The summed E-state index contributed by atoms with van der Waals surface area (Å²) in [5.74, 6) is -1.42. The number of rotatable bonds is 6. The average Bonchev–Trinajstić information content (AvgIpc) is 2.62. The molecule has 0 spiro atoms. The number of benzene rings is 2. The van der Waals surface area contributed by atoms with Crippen LogP contribution in [0.4, 0.5) is 5.69 Å². The van der Waals surface area contributed by atoms with Crippen LogP contribution in [0.1, 0.15) is 19.8 Å². The molecule has 0 radical (unpaired) electrons. The highest BCUT2D eigenvalue weighted by Crippen LogP contribution is 2.20. The highest BCUT2D eigenvalue weighted by atomic mass is 16.3. The minimum Gasteiger partial charge on any atom is -0.393 e. The van der Waals surface area contributed by atoms with Gasteiger partial charge in [0.1, 0.15) is 0 Å². The van der Waals surface area contributed by atoms with E-state index in [1.807, 2.05) is 49.4 Å². The van der Waals surface area contributed by atoms with Crippen molar-refractivity contribution in [2.75, 3.05) is 11.9 Å². The lowest BCUT2D eigenvalue weighted by Gasteiger charge is -2.09. The molecule has 2 rings (SSSR count). The van der Waals surface area contributed by atoms with Gasteiger partial charge in [0.05, 0.1) is 6.10 Å². The number of hydrogen-bond acceptors (Lipinski definition) is 3. The normalized spacial score (nSPS) is 11.6. The van der Waals surface area contributed by atoms with Crippen molar-refractivity contribution in [2.45, 2.75) is 25.9 Å². The molecular formula is C19H22N2O3. The number of aliphatic hydroxyl groups is 1. The molecule has 2 aromatic carbocycles. The molecule has 1 unspecified atom stereocenters. The first-order valence-electron chi connectivity index (χ1n) is 8.03. The first-order valence-corrected chi connectivity index (χ1v) is 8.03. The van der Waals surface area contributed by atoms with E-state index in [9.17, 15) is 14.7 Å². The SMILES string of the molecule is CCC(O)CCNC(=O)C(=O)Nc1ccc(-c2ccccc2)cc1.